The molecule has 19 heavy (non-hydrogen) atoms. The van der Waals surface area contributed by atoms with Gasteiger partial charge in [0.15, 0.2) is 4.34 Å². The Kier molecular flexibility index (Phi) is 5.55. The molecule has 0 bridgehead atoms. The van der Waals surface area contributed by atoms with E-state index < -0.39 is 12.1 Å². The summed E-state index contributed by atoms with van der Waals surface area (Å²) in [6, 6.07) is -0.515. The maximum absolute atomic E-state index is 11.5. The van der Waals surface area contributed by atoms with Crippen LogP contribution in [0.5, 0.6) is 0 Å². The molecule has 1 aromatic rings. The van der Waals surface area contributed by atoms with Crippen molar-refractivity contribution in [2.45, 2.75) is 18.2 Å². The van der Waals surface area contributed by atoms with Crippen molar-refractivity contribution in [3.63, 3.8) is 0 Å². The minimum Gasteiger partial charge on any atom is -0.463 e. The zero-order valence-corrected chi connectivity index (χ0v) is 12.8. The molecule has 0 radical (unpaired) electrons. The summed E-state index contributed by atoms with van der Waals surface area (Å²) < 4.78 is 1.32. The molecule has 2 amide bonds. The molecule has 9 heteroatoms. The molecule has 0 saturated carbocycles. The highest BCUT2D eigenvalue weighted by atomic mass is 32.2. The molecule has 1 aromatic heterocycles. The Balaban J connectivity index is 3.09. The number of rotatable bonds is 3. The largest absolute Gasteiger partial charge is 0.463 e. The van der Waals surface area contributed by atoms with Gasteiger partial charge in [-0.25, -0.2) is 9.59 Å². The summed E-state index contributed by atoms with van der Waals surface area (Å²) in [5.74, 6) is 1.30. The van der Waals surface area contributed by atoms with Gasteiger partial charge in [-0.3, -0.25) is 0 Å². The molecule has 0 fully saturated rings. The fraction of sp³-hybridized carbons (Fsp3) is 0.600. The van der Waals surface area contributed by atoms with Crippen molar-refractivity contribution < 1.29 is 14.7 Å². The second-order valence-electron chi connectivity index (χ2n) is 4.34. The van der Waals surface area contributed by atoms with Gasteiger partial charge in [-0.05, 0) is 5.92 Å². The smallest absolute Gasteiger partial charge is 0.434 e. The Bertz CT molecular complexity index is 533. The maximum Gasteiger partial charge on any atom is 0.434 e. The standard InChI is InChI=1S/C10H16N4O3S2/c1-6(2)5-18-9-12-14(10(16)17)8(19-9)11-7(15)13(3)4/h6H,5H2,1-4H3,(H,16,17). The summed E-state index contributed by atoms with van der Waals surface area (Å²) in [5, 5.41) is 12.9. The van der Waals surface area contributed by atoms with Crippen LogP contribution in [0.3, 0.4) is 0 Å². The minimum absolute atomic E-state index is 0.0671. The monoisotopic (exact) mass is 304 g/mol. The minimum atomic E-state index is -1.25. The lowest BCUT2D eigenvalue weighted by molar-refractivity contribution is 0.191. The number of carbonyl (C=O) groups is 2. The van der Waals surface area contributed by atoms with Crippen molar-refractivity contribution in [3.8, 4) is 0 Å². The van der Waals surface area contributed by atoms with Crippen LogP contribution in [0.1, 0.15) is 13.8 Å². The summed E-state index contributed by atoms with van der Waals surface area (Å²) in [6.45, 7) is 4.12. The Morgan fingerprint density at radius 1 is 1.53 bits per heavy atom. The van der Waals surface area contributed by atoms with Crippen LogP contribution in [0.15, 0.2) is 9.33 Å². The van der Waals surface area contributed by atoms with E-state index in [1.807, 2.05) is 0 Å². The molecule has 0 saturated heterocycles. The van der Waals surface area contributed by atoms with Crippen molar-refractivity contribution in [1.29, 1.82) is 0 Å². The lowest BCUT2D eigenvalue weighted by atomic mass is 10.3. The fourth-order valence-electron chi connectivity index (χ4n) is 0.939. The van der Waals surface area contributed by atoms with Gasteiger partial charge in [-0.2, -0.15) is 4.99 Å². The third-order valence-electron chi connectivity index (χ3n) is 1.84. The van der Waals surface area contributed by atoms with E-state index in [2.05, 4.69) is 23.9 Å². The summed E-state index contributed by atoms with van der Waals surface area (Å²) in [5.41, 5.74) is 0. The summed E-state index contributed by atoms with van der Waals surface area (Å²) in [7, 11) is 3.10. The van der Waals surface area contributed by atoms with E-state index in [0.717, 1.165) is 21.8 Å². The maximum atomic E-state index is 11.5. The van der Waals surface area contributed by atoms with Crippen molar-refractivity contribution in [3.05, 3.63) is 4.80 Å². The Morgan fingerprint density at radius 3 is 2.63 bits per heavy atom. The lowest BCUT2D eigenvalue weighted by Crippen LogP contribution is -2.27. The van der Waals surface area contributed by atoms with Gasteiger partial charge in [-0.15, -0.1) is 9.78 Å². The molecular formula is C10H16N4O3S2. The van der Waals surface area contributed by atoms with Crippen LogP contribution in [0.25, 0.3) is 0 Å². The number of carboxylic acid groups (broad SMARTS) is 1. The van der Waals surface area contributed by atoms with E-state index in [1.165, 1.54) is 16.7 Å². The van der Waals surface area contributed by atoms with Crippen LogP contribution in [0.2, 0.25) is 0 Å². The number of aromatic nitrogens is 2. The third kappa shape index (κ3) is 4.67. The molecule has 1 N–H and O–H groups in total. The zero-order chi connectivity index (χ0) is 14.6. The molecule has 0 atom stereocenters. The second kappa shape index (κ2) is 6.71. The average molecular weight is 304 g/mol. The third-order valence-corrected chi connectivity index (χ3v) is 4.31. The van der Waals surface area contributed by atoms with Gasteiger partial charge in [0, 0.05) is 19.8 Å². The summed E-state index contributed by atoms with van der Waals surface area (Å²) >= 11 is 2.55. The first-order valence-electron chi connectivity index (χ1n) is 5.53. The summed E-state index contributed by atoms with van der Waals surface area (Å²) in [4.78, 5) is 27.6. The number of thioether (sulfide) groups is 1. The van der Waals surface area contributed by atoms with E-state index in [4.69, 9.17) is 5.11 Å². The van der Waals surface area contributed by atoms with E-state index in [1.54, 1.807) is 14.1 Å². The first kappa shape index (κ1) is 15.7. The lowest BCUT2D eigenvalue weighted by Gasteiger charge is -2.03. The Hall–Kier alpha value is -1.35. The number of amides is 2. The molecule has 0 aromatic carbocycles. The first-order valence-corrected chi connectivity index (χ1v) is 7.33. The predicted molar refractivity (Wildman–Crippen MR) is 73.7 cm³/mol. The van der Waals surface area contributed by atoms with Crippen LogP contribution in [-0.2, 0) is 0 Å². The van der Waals surface area contributed by atoms with Gasteiger partial charge in [-0.1, -0.05) is 36.9 Å². The van der Waals surface area contributed by atoms with Gasteiger partial charge >= 0.3 is 12.1 Å². The van der Waals surface area contributed by atoms with Crippen molar-refractivity contribution >= 4 is 35.2 Å². The van der Waals surface area contributed by atoms with E-state index in [-0.39, 0.29) is 4.80 Å². The predicted octanol–water partition coefficient (Wildman–Crippen LogP) is 1.80. The molecule has 106 valence electrons. The van der Waals surface area contributed by atoms with Gasteiger partial charge in [0.2, 0.25) is 4.80 Å². The zero-order valence-electron chi connectivity index (χ0n) is 11.2. The van der Waals surface area contributed by atoms with Gasteiger partial charge in [0.25, 0.3) is 0 Å². The Morgan fingerprint density at radius 2 is 2.16 bits per heavy atom. The Labute approximate surface area is 119 Å². The number of hydrogen-bond donors (Lipinski definition) is 1. The molecule has 1 rings (SSSR count). The van der Waals surface area contributed by atoms with Crippen LogP contribution < -0.4 is 4.80 Å². The molecule has 0 spiro atoms. The summed E-state index contributed by atoms with van der Waals surface area (Å²) in [6.07, 6.45) is -1.25. The highest BCUT2D eigenvalue weighted by Gasteiger charge is 2.13. The molecule has 0 aliphatic heterocycles. The van der Waals surface area contributed by atoms with Gasteiger partial charge in [0.1, 0.15) is 0 Å². The molecule has 7 nitrogen and oxygen atoms in total. The highest BCUT2D eigenvalue weighted by Crippen LogP contribution is 2.20. The fourth-order valence-corrected chi connectivity index (χ4v) is 2.83. The normalized spacial score (nSPS) is 11.9. The second-order valence-corrected chi connectivity index (χ2v) is 6.56. The van der Waals surface area contributed by atoms with Gasteiger partial charge < -0.3 is 10.0 Å². The van der Waals surface area contributed by atoms with Gasteiger partial charge in [0.05, 0.1) is 0 Å². The number of carbonyl (C=O) groups excluding carboxylic acids is 1. The number of hydrogen-bond acceptors (Lipinski definition) is 5. The SMILES string of the molecule is CC(C)CSc1nn(C(=O)O)c(=NC(=O)N(C)C)s1. The van der Waals surface area contributed by atoms with E-state index >= 15 is 0 Å². The average Bonchev–Trinajstić information content (AvgIpc) is 2.69. The molecule has 0 aliphatic rings. The molecule has 0 unspecified atom stereocenters. The van der Waals surface area contributed by atoms with Crippen LogP contribution >= 0.6 is 23.1 Å². The van der Waals surface area contributed by atoms with E-state index in [0.29, 0.717) is 10.3 Å². The van der Waals surface area contributed by atoms with Crippen molar-refractivity contribution in [2.24, 2.45) is 10.9 Å². The number of urea groups is 1. The van der Waals surface area contributed by atoms with Crippen LogP contribution in [0.4, 0.5) is 9.59 Å². The van der Waals surface area contributed by atoms with Crippen molar-refractivity contribution in [2.75, 3.05) is 19.8 Å². The highest BCUT2D eigenvalue weighted by molar-refractivity contribution is 8.00. The quantitative estimate of drug-likeness (QED) is 0.860. The topological polar surface area (TPSA) is 87.8 Å². The van der Waals surface area contributed by atoms with Crippen LogP contribution in [0, 0.1) is 5.92 Å². The first-order chi connectivity index (χ1) is 8.81. The van der Waals surface area contributed by atoms with Crippen molar-refractivity contribution in [1.82, 2.24) is 14.7 Å². The number of nitrogens with zero attached hydrogens (tertiary/aromatic N) is 4. The molecule has 1 heterocycles. The van der Waals surface area contributed by atoms with Crippen LogP contribution in [-0.4, -0.2) is 51.8 Å². The molecule has 0 aliphatic carbocycles. The van der Waals surface area contributed by atoms with E-state index in [9.17, 15) is 9.59 Å². The molecular weight excluding hydrogens is 288 g/mol.